The molecule has 1 aromatic heterocycles. The summed E-state index contributed by atoms with van der Waals surface area (Å²) >= 11 is 1.55. The molecule has 10 heteroatoms. The molecule has 0 N–H and O–H groups in total. The second-order valence-electron chi connectivity index (χ2n) is 8.52. The summed E-state index contributed by atoms with van der Waals surface area (Å²) in [4.78, 5) is 13.7. The molecule has 0 bridgehead atoms. The minimum Gasteiger partial charge on any atom is -0.498 e. The highest BCUT2D eigenvalue weighted by Crippen LogP contribution is 2.54. The summed E-state index contributed by atoms with van der Waals surface area (Å²) in [5.74, 6) is 2.46. The maximum atomic E-state index is 11.8. The molecule has 2 unspecified atom stereocenters. The van der Waals surface area contributed by atoms with Gasteiger partial charge in [0.1, 0.15) is 18.0 Å². The average molecular weight is 557 g/mol. The third kappa shape index (κ3) is 5.15. The molecule has 0 aliphatic heterocycles. The Balaban J connectivity index is 2.08. The Morgan fingerprint density at radius 2 is 1.33 bits per heavy atom. The van der Waals surface area contributed by atoms with Crippen LogP contribution in [-0.4, -0.2) is 61.8 Å². The van der Waals surface area contributed by atoms with Gasteiger partial charge in [-0.15, -0.1) is 11.3 Å². The molecule has 1 aliphatic carbocycles. The molecule has 39 heavy (non-hydrogen) atoms. The van der Waals surface area contributed by atoms with E-state index in [1.54, 1.807) is 66.1 Å². The quantitative estimate of drug-likeness (QED) is 0.229. The molecule has 0 fully saturated rings. The fraction of sp³-hybridized carbons (Fsp3) is 0.345. The number of carbonyl (C=O) groups is 1. The molecule has 1 heterocycles. The number of fused-ring (bicyclic) bond motifs is 1. The van der Waals surface area contributed by atoms with E-state index in [0.29, 0.717) is 34.5 Å². The van der Waals surface area contributed by atoms with Crippen molar-refractivity contribution >= 4 is 23.4 Å². The summed E-state index contributed by atoms with van der Waals surface area (Å²) in [5, 5.41) is 0. The van der Waals surface area contributed by atoms with Crippen LogP contribution in [0.3, 0.4) is 0 Å². The van der Waals surface area contributed by atoms with Crippen LogP contribution in [0.2, 0.25) is 0 Å². The summed E-state index contributed by atoms with van der Waals surface area (Å²) in [5.41, 5.74) is 3.43. The standard InChI is InChI=1S/C29H32O9S/c1-15(30)38-19-11-16(9-10-18(19)31-2)29-24(17-12-20(32-3)26(35-6)21(13-17)33-4)25-23(39-29)14-22(34-5)27(36-7)28(25)37-8/h9-14,27-28H,1-8H3. The molecule has 0 amide bonds. The summed E-state index contributed by atoms with van der Waals surface area (Å²) in [7, 11) is 11.1. The third-order valence-corrected chi connectivity index (χ3v) is 7.67. The van der Waals surface area contributed by atoms with E-state index in [0.717, 1.165) is 32.0 Å². The largest absolute Gasteiger partial charge is 0.498 e. The lowest BCUT2D eigenvalue weighted by atomic mass is 9.88. The van der Waals surface area contributed by atoms with Crippen molar-refractivity contribution in [1.29, 1.82) is 0 Å². The van der Waals surface area contributed by atoms with Gasteiger partial charge in [-0.2, -0.15) is 0 Å². The van der Waals surface area contributed by atoms with E-state index in [1.165, 1.54) is 14.0 Å². The lowest BCUT2D eigenvalue weighted by molar-refractivity contribution is -0.132. The number of carbonyl (C=O) groups excluding carboxylic acids is 1. The average Bonchev–Trinajstić information content (AvgIpc) is 3.33. The molecule has 208 valence electrons. The van der Waals surface area contributed by atoms with Crippen molar-refractivity contribution in [3.8, 4) is 50.3 Å². The van der Waals surface area contributed by atoms with Gasteiger partial charge in [-0.3, -0.25) is 4.79 Å². The van der Waals surface area contributed by atoms with E-state index >= 15 is 0 Å². The van der Waals surface area contributed by atoms with Crippen molar-refractivity contribution < 1.29 is 42.7 Å². The van der Waals surface area contributed by atoms with E-state index in [-0.39, 0.29) is 0 Å². The number of methoxy groups -OCH3 is 7. The van der Waals surface area contributed by atoms with Crippen molar-refractivity contribution in [1.82, 2.24) is 0 Å². The van der Waals surface area contributed by atoms with E-state index in [2.05, 4.69) is 0 Å². The van der Waals surface area contributed by atoms with Gasteiger partial charge >= 0.3 is 5.97 Å². The normalized spacial score (nSPS) is 16.2. The van der Waals surface area contributed by atoms with Crippen LogP contribution in [0.15, 0.2) is 36.1 Å². The van der Waals surface area contributed by atoms with Crippen molar-refractivity contribution in [2.24, 2.45) is 0 Å². The topological polar surface area (TPSA) is 90.9 Å². The maximum Gasteiger partial charge on any atom is 0.308 e. The Hall–Kier alpha value is -3.73. The molecule has 2 aromatic carbocycles. The van der Waals surface area contributed by atoms with E-state index in [9.17, 15) is 4.79 Å². The maximum absolute atomic E-state index is 11.8. The number of ether oxygens (including phenoxy) is 8. The zero-order valence-electron chi connectivity index (χ0n) is 23.2. The van der Waals surface area contributed by atoms with Gasteiger partial charge in [0.15, 0.2) is 23.0 Å². The van der Waals surface area contributed by atoms with Crippen LogP contribution in [0, 0.1) is 0 Å². The molecule has 2 atom stereocenters. The Bertz CT molecular complexity index is 1370. The van der Waals surface area contributed by atoms with Gasteiger partial charge < -0.3 is 37.9 Å². The molecule has 0 radical (unpaired) electrons. The van der Waals surface area contributed by atoms with Gasteiger partial charge in [0.05, 0.1) is 35.5 Å². The molecule has 0 saturated heterocycles. The van der Waals surface area contributed by atoms with Crippen LogP contribution in [0.5, 0.6) is 28.7 Å². The highest BCUT2D eigenvalue weighted by molar-refractivity contribution is 7.17. The summed E-state index contributed by atoms with van der Waals surface area (Å²) in [6.07, 6.45) is 1.02. The van der Waals surface area contributed by atoms with E-state index in [1.807, 2.05) is 24.3 Å². The van der Waals surface area contributed by atoms with Crippen LogP contribution >= 0.6 is 11.3 Å². The fourth-order valence-electron chi connectivity index (χ4n) is 4.79. The molecule has 1 aliphatic rings. The van der Waals surface area contributed by atoms with Gasteiger partial charge in [0.2, 0.25) is 5.75 Å². The lowest BCUT2D eigenvalue weighted by Gasteiger charge is -2.31. The zero-order valence-corrected chi connectivity index (χ0v) is 24.0. The predicted octanol–water partition coefficient (Wildman–Crippen LogP) is 5.75. The van der Waals surface area contributed by atoms with Crippen molar-refractivity contribution in [3.05, 3.63) is 46.5 Å². The third-order valence-electron chi connectivity index (χ3n) is 6.46. The van der Waals surface area contributed by atoms with E-state index < -0.39 is 18.2 Å². The van der Waals surface area contributed by atoms with E-state index in [4.69, 9.17) is 37.9 Å². The smallest absolute Gasteiger partial charge is 0.308 e. The Morgan fingerprint density at radius 3 is 1.85 bits per heavy atom. The summed E-state index contributed by atoms with van der Waals surface area (Å²) < 4.78 is 45.3. The first-order valence-corrected chi connectivity index (χ1v) is 12.8. The van der Waals surface area contributed by atoms with Crippen LogP contribution in [0.1, 0.15) is 23.5 Å². The van der Waals surface area contributed by atoms with Gasteiger partial charge in [0.25, 0.3) is 0 Å². The molecular weight excluding hydrogens is 524 g/mol. The number of hydrogen-bond acceptors (Lipinski definition) is 10. The highest BCUT2D eigenvalue weighted by Gasteiger charge is 2.38. The summed E-state index contributed by atoms with van der Waals surface area (Å²) in [6, 6.07) is 9.27. The van der Waals surface area contributed by atoms with Gasteiger partial charge in [0, 0.05) is 42.0 Å². The molecule has 0 spiro atoms. The number of thiophene rings is 1. The van der Waals surface area contributed by atoms with Crippen LogP contribution in [0.25, 0.3) is 27.6 Å². The van der Waals surface area contributed by atoms with Crippen LogP contribution in [-0.2, 0) is 19.0 Å². The first-order chi connectivity index (χ1) is 18.8. The Morgan fingerprint density at radius 1 is 0.718 bits per heavy atom. The monoisotopic (exact) mass is 556 g/mol. The highest BCUT2D eigenvalue weighted by atomic mass is 32.1. The van der Waals surface area contributed by atoms with Crippen LogP contribution < -0.4 is 23.7 Å². The summed E-state index contributed by atoms with van der Waals surface area (Å²) in [6.45, 7) is 1.35. The minimum atomic E-state index is -0.477. The number of rotatable bonds is 10. The number of hydrogen-bond donors (Lipinski definition) is 0. The zero-order chi connectivity index (χ0) is 28.3. The Kier molecular flexibility index (Phi) is 8.69. The number of benzene rings is 2. The van der Waals surface area contributed by atoms with Crippen molar-refractivity contribution in [3.63, 3.8) is 0 Å². The lowest BCUT2D eigenvalue weighted by Crippen LogP contribution is -2.28. The fourth-order valence-corrected chi connectivity index (χ4v) is 6.09. The minimum absolute atomic E-state index is 0.316. The first-order valence-electron chi connectivity index (χ1n) is 12.0. The van der Waals surface area contributed by atoms with Gasteiger partial charge in [-0.05, 0) is 47.5 Å². The first kappa shape index (κ1) is 28.3. The molecule has 9 nitrogen and oxygen atoms in total. The predicted molar refractivity (Wildman–Crippen MR) is 148 cm³/mol. The second kappa shape index (κ2) is 12.0. The van der Waals surface area contributed by atoms with Crippen molar-refractivity contribution in [2.75, 3.05) is 49.8 Å². The van der Waals surface area contributed by atoms with Gasteiger partial charge in [-0.25, -0.2) is 0 Å². The second-order valence-corrected chi connectivity index (χ2v) is 9.57. The molecule has 0 saturated carbocycles. The molecular formula is C29H32O9S. The molecule has 3 aromatic rings. The van der Waals surface area contributed by atoms with Crippen LogP contribution in [0.4, 0.5) is 0 Å². The Labute approximate surface area is 231 Å². The SMILES string of the molecule is COC1=Cc2sc(-c3ccc(OC)c(OC(C)=O)c3)c(-c3cc(OC)c(OC)c(OC)c3)c2C(OC)C1OC. The molecule has 4 rings (SSSR count). The van der Waals surface area contributed by atoms with Crippen molar-refractivity contribution in [2.45, 2.75) is 19.1 Å². The number of esters is 1. The van der Waals surface area contributed by atoms with Gasteiger partial charge in [-0.1, -0.05) is 0 Å².